The standard InChI is InChI=1S/4C8H8/c4*1-2-4-8-6-5-7(8)3-1/h4*1-4H,5-6H2. The summed E-state index contributed by atoms with van der Waals surface area (Å²) in [6.07, 6.45) is 10.4. The van der Waals surface area contributed by atoms with Crippen molar-refractivity contribution in [2.75, 3.05) is 0 Å². The molecular formula is C32H32. The molecule has 0 heteroatoms. The fourth-order valence-corrected chi connectivity index (χ4v) is 4.55. The summed E-state index contributed by atoms with van der Waals surface area (Å²) in [5.41, 5.74) is 12.4. The van der Waals surface area contributed by atoms with Gasteiger partial charge in [-0.1, -0.05) is 97.1 Å². The second kappa shape index (κ2) is 10.0. The number of aryl methyl sites for hydroxylation is 8. The summed E-state index contributed by atoms with van der Waals surface area (Å²) in [7, 11) is 0. The molecule has 0 aromatic heterocycles. The van der Waals surface area contributed by atoms with E-state index in [9.17, 15) is 0 Å². The molecule has 4 aliphatic rings. The van der Waals surface area contributed by atoms with Gasteiger partial charge in [0.2, 0.25) is 0 Å². The molecule has 0 atom stereocenters. The first-order chi connectivity index (χ1) is 15.9. The largest absolute Gasteiger partial charge is 0.0620 e. The van der Waals surface area contributed by atoms with Gasteiger partial charge in [0.1, 0.15) is 0 Å². The Morgan fingerprint density at radius 3 is 0.406 bits per heavy atom. The first-order valence-electron chi connectivity index (χ1n) is 12.1. The van der Waals surface area contributed by atoms with Crippen LogP contribution in [0.15, 0.2) is 97.1 Å². The van der Waals surface area contributed by atoms with Crippen LogP contribution in [0.3, 0.4) is 0 Å². The zero-order valence-corrected chi connectivity index (χ0v) is 18.9. The molecule has 4 aromatic rings. The van der Waals surface area contributed by atoms with E-state index in [1.165, 1.54) is 51.4 Å². The van der Waals surface area contributed by atoms with Crippen LogP contribution in [0.4, 0.5) is 0 Å². The summed E-state index contributed by atoms with van der Waals surface area (Å²) in [5.74, 6) is 0. The monoisotopic (exact) mass is 416 g/mol. The first-order valence-corrected chi connectivity index (χ1v) is 12.1. The summed E-state index contributed by atoms with van der Waals surface area (Å²) in [6, 6.07) is 34.5. The van der Waals surface area contributed by atoms with Gasteiger partial charge in [-0.3, -0.25) is 0 Å². The lowest BCUT2D eigenvalue weighted by atomic mass is 9.89. The van der Waals surface area contributed by atoms with Crippen molar-refractivity contribution in [2.24, 2.45) is 0 Å². The smallest absolute Gasteiger partial charge is 0.0235 e. The van der Waals surface area contributed by atoms with Crippen molar-refractivity contribution < 1.29 is 0 Å². The van der Waals surface area contributed by atoms with Gasteiger partial charge >= 0.3 is 0 Å². The molecule has 4 aromatic carbocycles. The maximum absolute atomic E-state index is 2.21. The molecular weight excluding hydrogens is 384 g/mol. The Kier molecular flexibility index (Phi) is 6.49. The Labute approximate surface area is 193 Å². The van der Waals surface area contributed by atoms with Gasteiger partial charge in [-0.05, 0) is 95.9 Å². The predicted octanol–water partition coefficient (Wildman–Crippen LogP) is 7.14. The average molecular weight is 417 g/mol. The lowest BCUT2D eigenvalue weighted by Gasteiger charge is -2.16. The Morgan fingerprint density at radius 2 is 0.344 bits per heavy atom. The highest BCUT2D eigenvalue weighted by molar-refractivity contribution is 5.36. The summed E-state index contributed by atoms with van der Waals surface area (Å²) < 4.78 is 0. The number of hydrogen-bond donors (Lipinski definition) is 0. The van der Waals surface area contributed by atoms with Crippen molar-refractivity contribution in [2.45, 2.75) is 51.4 Å². The fourth-order valence-electron chi connectivity index (χ4n) is 4.55. The van der Waals surface area contributed by atoms with E-state index in [1.54, 1.807) is 44.5 Å². The molecule has 8 rings (SSSR count). The molecule has 32 heavy (non-hydrogen) atoms. The Morgan fingerprint density at radius 1 is 0.219 bits per heavy atom. The lowest BCUT2D eigenvalue weighted by Crippen LogP contribution is -2.06. The van der Waals surface area contributed by atoms with Gasteiger partial charge < -0.3 is 0 Å². The quantitative estimate of drug-likeness (QED) is 0.286. The Hall–Kier alpha value is -3.12. The van der Waals surface area contributed by atoms with Crippen LogP contribution in [0.25, 0.3) is 0 Å². The number of hydrogen-bond acceptors (Lipinski definition) is 0. The first kappa shape index (κ1) is 20.8. The van der Waals surface area contributed by atoms with Gasteiger partial charge in [-0.15, -0.1) is 0 Å². The van der Waals surface area contributed by atoms with Crippen molar-refractivity contribution >= 4 is 0 Å². The second-order valence-electron chi connectivity index (χ2n) is 9.07. The maximum Gasteiger partial charge on any atom is -0.0235 e. The highest BCUT2D eigenvalue weighted by Crippen LogP contribution is 2.22. The zero-order valence-electron chi connectivity index (χ0n) is 18.9. The number of fused-ring (bicyclic) bond motifs is 4. The minimum absolute atomic E-state index is 1.30. The maximum atomic E-state index is 2.21. The third-order valence-electron chi connectivity index (χ3n) is 7.13. The van der Waals surface area contributed by atoms with E-state index in [0.717, 1.165) is 0 Å². The van der Waals surface area contributed by atoms with E-state index in [0.29, 0.717) is 0 Å². The van der Waals surface area contributed by atoms with Crippen LogP contribution in [0.5, 0.6) is 0 Å². The van der Waals surface area contributed by atoms with Crippen molar-refractivity contribution in [1.29, 1.82) is 0 Å². The SMILES string of the molecule is c1ccc2c(c1)CC2.c1ccc2c(c1)CC2.c1ccc2c(c1)CC2.c1ccc2c(c1)CC2. The molecule has 0 heterocycles. The van der Waals surface area contributed by atoms with Crippen molar-refractivity contribution in [3.63, 3.8) is 0 Å². The topological polar surface area (TPSA) is 0 Å². The van der Waals surface area contributed by atoms with E-state index < -0.39 is 0 Å². The highest BCUT2D eigenvalue weighted by Gasteiger charge is 2.11. The summed E-state index contributed by atoms with van der Waals surface area (Å²) in [5, 5.41) is 0. The summed E-state index contributed by atoms with van der Waals surface area (Å²) in [4.78, 5) is 0. The molecule has 0 amide bonds. The molecule has 0 saturated carbocycles. The van der Waals surface area contributed by atoms with Gasteiger partial charge in [0.25, 0.3) is 0 Å². The van der Waals surface area contributed by atoms with Gasteiger partial charge in [-0.2, -0.15) is 0 Å². The van der Waals surface area contributed by atoms with Crippen molar-refractivity contribution in [3.8, 4) is 0 Å². The third-order valence-corrected chi connectivity index (χ3v) is 7.13. The molecule has 0 aliphatic heterocycles. The minimum atomic E-state index is 1.30. The number of benzene rings is 4. The predicted molar refractivity (Wildman–Crippen MR) is 135 cm³/mol. The molecule has 0 bridgehead atoms. The normalized spacial score (nSPS) is 14.5. The molecule has 160 valence electrons. The molecule has 0 spiro atoms. The average Bonchev–Trinajstić information content (AvgIpc) is 2.74. The van der Waals surface area contributed by atoms with Gasteiger partial charge in [-0.25, -0.2) is 0 Å². The van der Waals surface area contributed by atoms with Crippen LogP contribution in [-0.4, -0.2) is 0 Å². The molecule has 0 fully saturated rings. The van der Waals surface area contributed by atoms with Crippen LogP contribution < -0.4 is 0 Å². The van der Waals surface area contributed by atoms with Gasteiger partial charge in [0, 0.05) is 0 Å². The van der Waals surface area contributed by atoms with Crippen LogP contribution in [-0.2, 0) is 51.4 Å². The van der Waals surface area contributed by atoms with Crippen molar-refractivity contribution in [1.82, 2.24) is 0 Å². The molecule has 0 N–H and O–H groups in total. The molecule has 4 aliphatic carbocycles. The zero-order chi connectivity index (χ0) is 21.6. The lowest BCUT2D eigenvalue weighted by molar-refractivity contribution is 0.839. The van der Waals surface area contributed by atoms with Crippen molar-refractivity contribution in [3.05, 3.63) is 142 Å². The fraction of sp³-hybridized carbons (Fsp3) is 0.250. The second-order valence-corrected chi connectivity index (χ2v) is 9.07. The molecule has 0 radical (unpaired) electrons. The van der Waals surface area contributed by atoms with Crippen LogP contribution in [0, 0.1) is 0 Å². The van der Waals surface area contributed by atoms with E-state index in [4.69, 9.17) is 0 Å². The Balaban J connectivity index is 0.0000000900. The van der Waals surface area contributed by atoms with E-state index in [1.807, 2.05) is 0 Å². The van der Waals surface area contributed by atoms with E-state index in [-0.39, 0.29) is 0 Å². The molecule has 0 saturated heterocycles. The molecule has 0 nitrogen and oxygen atoms in total. The van der Waals surface area contributed by atoms with E-state index >= 15 is 0 Å². The van der Waals surface area contributed by atoms with Crippen LogP contribution in [0.1, 0.15) is 44.5 Å². The van der Waals surface area contributed by atoms with Crippen LogP contribution in [0.2, 0.25) is 0 Å². The Bertz CT molecular complexity index is 902. The van der Waals surface area contributed by atoms with Gasteiger partial charge in [0.15, 0.2) is 0 Å². The summed E-state index contributed by atoms with van der Waals surface area (Å²) in [6.45, 7) is 0. The number of rotatable bonds is 0. The van der Waals surface area contributed by atoms with Gasteiger partial charge in [0.05, 0.1) is 0 Å². The highest BCUT2D eigenvalue weighted by atomic mass is 14.2. The third kappa shape index (κ3) is 4.86. The van der Waals surface area contributed by atoms with Crippen LogP contribution >= 0.6 is 0 Å². The minimum Gasteiger partial charge on any atom is -0.0620 e. The molecule has 0 unspecified atom stereocenters. The summed E-state index contributed by atoms with van der Waals surface area (Å²) >= 11 is 0. The van der Waals surface area contributed by atoms with E-state index in [2.05, 4.69) is 97.1 Å².